The molecule has 0 radical (unpaired) electrons. The highest BCUT2D eigenvalue weighted by Crippen LogP contribution is 2.20. The second kappa shape index (κ2) is 15.1. The van der Waals surface area contributed by atoms with E-state index in [0.29, 0.717) is 0 Å². The fourth-order valence-corrected chi connectivity index (χ4v) is 2.90. The Labute approximate surface area is 129 Å². The van der Waals surface area contributed by atoms with Crippen molar-refractivity contribution in [2.75, 3.05) is 0 Å². The number of allylic oxidation sites excluding steroid dienone is 2. The van der Waals surface area contributed by atoms with Crippen LogP contribution in [0.3, 0.4) is 0 Å². The van der Waals surface area contributed by atoms with Crippen LogP contribution in [0.2, 0.25) is 0 Å². The van der Waals surface area contributed by atoms with Gasteiger partial charge in [-0.25, -0.2) is 0 Å². The van der Waals surface area contributed by atoms with Crippen LogP contribution in [0.5, 0.6) is 0 Å². The molecule has 0 aliphatic heterocycles. The predicted octanol–water partition coefficient (Wildman–Crippen LogP) is 7.68. The zero-order chi connectivity index (χ0) is 15.1. The molecule has 0 saturated carbocycles. The predicted molar refractivity (Wildman–Crippen MR) is 94.3 cm³/mol. The zero-order valence-electron chi connectivity index (χ0n) is 14.8. The summed E-state index contributed by atoms with van der Waals surface area (Å²) >= 11 is 0. The van der Waals surface area contributed by atoms with Crippen molar-refractivity contribution in [1.29, 1.82) is 0 Å². The Morgan fingerprint density at radius 1 is 0.800 bits per heavy atom. The summed E-state index contributed by atoms with van der Waals surface area (Å²) in [5, 5.41) is 0. The van der Waals surface area contributed by atoms with Crippen molar-refractivity contribution in [3.05, 3.63) is 11.6 Å². The summed E-state index contributed by atoms with van der Waals surface area (Å²) in [6.45, 7) is 9.28. The lowest BCUT2D eigenvalue weighted by atomic mass is 9.93. The molecule has 0 heteroatoms. The molecule has 0 N–H and O–H groups in total. The standard InChI is InChI=1S/C20H40/c1-5-8-10-11-12-13-15-19(4)16-14-18-20(7-3)17-9-6-2/h16,20H,5-15,17-18H2,1-4H3. The molecule has 0 saturated heterocycles. The van der Waals surface area contributed by atoms with Gasteiger partial charge >= 0.3 is 0 Å². The van der Waals surface area contributed by atoms with Crippen LogP contribution in [-0.4, -0.2) is 0 Å². The van der Waals surface area contributed by atoms with Gasteiger partial charge < -0.3 is 0 Å². The van der Waals surface area contributed by atoms with E-state index in [1.165, 1.54) is 83.5 Å². The van der Waals surface area contributed by atoms with E-state index >= 15 is 0 Å². The summed E-state index contributed by atoms with van der Waals surface area (Å²) in [6.07, 6.45) is 20.6. The van der Waals surface area contributed by atoms with Crippen LogP contribution in [0, 0.1) is 5.92 Å². The Balaban J connectivity index is 3.57. The van der Waals surface area contributed by atoms with Crippen molar-refractivity contribution in [1.82, 2.24) is 0 Å². The van der Waals surface area contributed by atoms with Crippen LogP contribution in [0.15, 0.2) is 11.6 Å². The second-order valence-corrected chi connectivity index (χ2v) is 6.56. The van der Waals surface area contributed by atoms with Gasteiger partial charge in [0.25, 0.3) is 0 Å². The summed E-state index contributed by atoms with van der Waals surface area (Å²) in [4.78, 5) is 0. The van der Waals surface area contributed by atoms with E-state index < -0.39 is 0 Å². The number of unbranched alkanes of at least 4 members (excludes halogenated alkanes) is 6. The largest absolute Gasteiger partial charge is 0.0856 e. The third-order valence-electron chi connectivity index (χ3n) is 4.54. The molecule has 20 heavy (non-hydrogen) atoms. The lowest BCUT2D eigenvalue weighted by Crippen LogP contribution is -1.98. The molecule has 0 amide bonds. The molecule has 0 bridgehead atoms. The van der Waals surface area contributed by atoms with Crippen molar-refractivity contribution < 1.29 is 0 Å². The van der Waals surface area contributed by atoms with Gasteiger partial charge in [-0.2, -0.15) is 0 Å². The topological polar surface area (TPSA) is 0 Å². The monoisotopic (exact) mass is 280 g/mol. The highest BCUT2D eigenvalue weighted by Gasteiger charge is 2.04. The quantitative estimate of drug-likeness (QED) is 0.226. The molecule has 0 rings (SSSR count). The van der Waals surface area contributed by atoms with Gasteiger partial charge in [-0.3, -0.25) is 0 Å². The highest BCUT2D eigenvalue weighted by molar-refractivity contribution is 4.97. The van der Waals surface area contributed by atoms with Crippen LogP contribution < -0.4 is 0 Å². The van der Waals surface area contributed by atoms with E-state index in [2.05, 4.69) is 33.8 Å². The maximum Gasteiger partial charge on any atom is -0.0323 e. The van der Waals surface area contributed by atoms with Gasteiger partial charge in [0.2, 0.25) is 0 Å². The van der Waals surface area contributed by atoms with Gasteiger partial charge in [0.1, 0.15) is 0 Å². The van der Waals surface area contributed by atoms with Crippen molar-refractivity contribution in [3.63, 3.8) is 0 Å². The summed E-state index contributed by atoms with van der Waals surface area (Å²) in [6, 6.07) is 0. The van der Waals surface area contributed by atoms with Crippen molar-refractivity contribution in [3.8, 4) is 0 Å². The third-order valence-corrected chi connectivity index (χ3v) is 4.54. The van der Waals surface area contributed by atoms with Crippen molar-refractivity contribution >= 4 is 0 Å². The Hall–Kier alpha value is -0.260. The van der Waals surface area contributed by atoms with E-state index in [9.17, 15) is 0 Å². The van der Waals surface area contributed by atoms with Gasteiger partial charge in [-0.15, -0.1) is 0 Å². The van der Waals surface area contributed by atoms with Gasteiger partial charge in [-0.1, -0.05) is 90.2 Å². The van der Waals surface area contributed by atoms with Gasteiger partial charge in [-0.05, 0) is 38.5 Å². The normalized spacial score (nSPS) is 13.7. The molecule has 0 fully saturated rings. The fourth-order valence-electron chi connectivity index (χ4n) is 2.90. The van der Waals surface area contributed by atoms with Gasteiger partial charge in [0, 0.05) is 0 Å². The van der Waals surface area contributed by atoms with Crippen LogP contribution in [0.1, 0.15) is 111 Å². The zero-order valence-corrected chi connectivity index (χ0v) is 14.8. The Morgan fingerprint density at radius 3 is 2.10 bits per heavy atom. The molecular weight excluding hydrogens is 240 g/mol. The van der Waals surface area contributed by atoms with E-state index in [1.807, 2.05) is 0 Å². The molecule has 1 unspecified atom stereocenters. The molecule has 0 aliphatic rings. The molecule has 0 aliphatic carbocycles. The first-order valence-corrected chi connectivity index (χ1v) is 9.40. The first-order valence-electron chi connectivity index (χ1n) is 9.40. The molecule has 0 spiro atoms. The summed E-state index contributed by atoms with van der Waals surface area (Å²) in [5.41, 5.74) is 1.63. The first-order chi connectivity index (χ1) is 9.74. The summed E-state index contributed by atoms with van der Waals surface area (Å²) in [5.74, 6) is 0.966. The molecule has 0 aromatic carbocycles. The minimum absolute atomic E-state index is 0.966. The van der Waals surface area contributed by atoms with E-state index in [4.69, 9.17) is 0 Å². The van der Waals surface area contributed by atoms with E-state index in [1.54, 1.807) is 5.57 Å². The highest BCUT2D eigenvalue weighted by atomic mass is 14.1. The van der Waals surface area contributed by atoms with Gasteiger partial charge in [0.15, 0.2) is 0 Å². The lowest BCUT2D eigenvalue weighted by molar-refractivity contribution is 0.424. The SMILES string of the molecule is CCCCCCCCC(C)=CCCC(CC)CCCC. The maximum atomic E-state index is 2.51. The van der Waals surface area contributed by atoms with Crippen molar-refractivity contribution in [2.45, 2.75) is 111 Å². The molecule has 120 valence electrons. The molecule has 0 heterocycles. The number of hydrogen-bond donors (Lipinski definition) is 0. The Bertz CT molecular complexity index is 214. The summed E-state index contributed by atoms with van der Waals surface area (Å²) in [7, 11) is 0. The van der Waals surface area contributed by atoms with E-state index in [0.717, 1.165) is 5.92 Å². The Morgan fingerprint density at radius 2 is 1.45 bits per heavy atom. The van der Waals surface area contributed by atoms with Crippen molar-refractivity contribution in [2.24, 2.45) is 5.92 Å². The number of hydrogen-bond acceptors (Lipinski definition) is 0. The maximum absolute atomic E-state index is 2.51. The molecule has 0 aromatic rings. The molecule has 1 atom stereocenters. The van der Waals surface area contributed by atoms with Crippen LogP contribution >= 0.6 is 0 Å². The van der Waals surface area contributed by atoms with Crippen LogP contribution in [0.25, 0.3) is 0 Å². The van der Waals surface area contributed by atoms with Gasteiger partial charge in [0.05, 0.1) is 0 Å². The molecular formula is C20H40. The second-order valence-electron chi connectivity index (χ2n) is 6.56. The first kappa shape index (κ1) is 19.7. The van der Waals surface area contributed by atoms with E-state index in [-0.39, 0.29) is 0 Å². The minimum Gasteiger partial charge on any atom is -0.0856 e. The lowest BCUT2D eigenvalue weighted by Gasteiger charge is -2.13. The minimum atomic E-state index is 0.966. The molecule has 0 aromatic heterocycles. The average Bonchev–Trinajstić information content (AvgIpc) is 2.46. The average molecular weight is 281 g/mol. The summed E-state index contributed by atoms with van der Waals surface area (Å²) < 4.78 is 0. The molecule has 0 nitrogen and oxygen atoms in total. The smallest absolute Gasteiger partial charge is 0.0323 e. The third kappa shape index (κ3) is 12.8. The number of rotatable bonds is 14. The van der Waals surface area contributed by atoms with Crippen LogP contribution in [-0.2, 0) is 0 Å². The fraction of sp³-hybridized carbons (Fsp3) is 0.900. The Kier molecular flexibility index (Phi) is 14.9. The van der Waals surface area contributed by atoms with Crippen LogP contribution in [0.4, 0.5) is 0 Å².